The van der Waals surface area contributed by atoms with Crippen LogP contribution in [0.25, 0.3) is 58.8 Å². The molecule has 3 heteroatoms. The number of fused-ring (bicyclic) bond motifs is 6. The maximum absolute atomic E-state index is 2.42. The quantitative estimate of drug-likeness (QED) is 0.193. The van der Waals surface area contributed by atoms with Gasteiger partial charge >= 0.3 is 0 Å². The summed E-state index contributed by atoms with van der Waals surface area (Å²) in [6.07, 6.45) is 0. The summed E-state index contributed by atoms with van der Waals surface area (Å²) in [6, 6.07) is 61.3. The van der Waals surface area contributed by atoms with E-state index in [1.165, 1.54) is 58.8 Å². The molecule has 0 saturated heterocycles. The molecule has 2 aromatic heterocycles. The first kappa shape index (κ1) is 25.8. The molecule has 0 unspecified atom stereocenters. The summed E-state index contributed by atoms with van der Waals surface area (Å²) < 4.78 is 5.06. The van der Waals surface area contributed by atoms with Crippen molar-refractivity contribution >= 4 is 70.4 Å². The van der Waals surface area contributed by atoms with Crippen molar-refractivity contribution in [2.24, 2.45) is 0 Å². The molecule has 2 heterocycles. The van der Waals surface area contributed by atoms with Crippen LogP contribution in [0.3, 0.4) is 0 Å². The second kappa shape index (κ2) is 10.5. The maximum Gasteiger partial charge on any atom is 0.0541 e. The minimum atomic E-state index is 1.13. The lowest BCUT2D eigenvalue weighted by Crippen LogP contribution is -2.09. The van der Waals surface area contributed by atoms with Gasteiger partial charge in [-0.3, -0.25) is 0 Å². The van der Waals surface area contributed by atoms with Gasteiger partial charge in [-0.2, -0.15) is 0 Å². The Labute approximate surface area is 265 Å². The van der Waals surface area contributed by atoms with Gasteiger partial charge in [0.05, 0.1) is 11.0 Å². The van der Waals surface area contributed by atoms with Crippen molar-refractivity contribution in [2.45, 2.75) is 0 Å². The van der Waals surface area contributed by atoms with Crippen molar-refractivity contribution < 1.29 is 0 Å². The first-order chi connectivity index (χ1) is 22.3. The van der Waals surface area contributed by atoms with Crippen molar-refractivity contribution in [2.75, 3.05) is 4.90 Å². The Morgan fingerprint density at radius 2 is 0.956 bits per heavy atom. The number of nitrogens with zero attached hydrogens (tertiary/aromatic N) is 2. The van der Waals surface area contributed by atoms with Crippen molar-refractivity contribution in [1.29, 1.82) is 0 Å². The van der Waals surface area contributed by atoms with E-state index in [0.717, 1.165) is 17.1 Å². The van der Waals surface area contributed by atoms with Gasteiger partial charge in [0.25, 0.3) is 0 Å². The van der Waals surface area contributed by atoms with Gasteiger partial charge in [0.2, 0.25) is 0 Å². The van der Waals surface area contributed by atoms with Crippen LogP contribution in [0.5, 0.6) is 0 Å². The van der Waals surface area contributed by atoms with Crippen LogP contribution >= 0.6 is 11.3 Å². The number of anilines is 3. The molecule has 0 N–H and O–H groups in total. The molecule has 0 saturated carbocycles. The van der Waals surface area contributed by atoms with E-state index >= 15 is 0 Å². The Balaban J connectivity index is 1.14. The number of hydrogen-bond donors (Lipinski definition) is 0. The molecule has 9 aromatic rings. The topological polar surface area (TPSA) is 8.17 Å². The van der Waals surface area contributed by atoms with Crippen molar-refractivity contribution in [3.8, 4) is 16.8 Å². The minimum Gasteiger partial charge on any atom is -0.311 e. The van der Waals surface area contributed by atoms with Gasteiger partial charge in [0.15, 0.2) is 0 Å². The molecule has 0 aliphatic heterocycles. The Hall–Kier alpha value is -5.64. The SMILES string of the molecule is c1ccc(N(c2ccccc2)c2ccc(-c3ccc4c(c3)c3ccccc3n4-c3ccc4c(c3)sc3ccccc34)cc2)cc1. The maximum atomic E-state index is 2.42. The molecule has 0 amide bonds. The fourth-order valence-electron chi connectivity index (χ4n) is 6.69. The monoisotopic (exact) mass is 592 g/mol. The zero-order chi connectivity index (χ0) is 29.7. The number of hydrogen-bond acceptors (Lipinski definition) is 2. The number of aromatic nitrogens is 1. The number of thiophene rings is 1. The zero-order valence-electron chi connectivity index (χ0n) is 24.5. The summed E-state index contributed by atoms with van der Waals surface area (Å²) in [7, 11) is 0. The number of rotatable bonds is 5. The lowest BCUT2D eigenvalue weighted by molar-refractivity contribution is 1.19. The Morgan fingerprint density at radius 1 is 0.378 bits per heavy atom. The van der Waals surface area contributed by atoms with Crippen LogP contribution < -0.4 is 4.90 Å². The average molecular weight is 593 g/mol. The Bertz CT molecular complexity index is 2430. The predicted molar refractivity (Wildman–Crippen MR) is 194 cm³/mol. The molecule has 0 fully saturated rings. The predicted octanol–water partition coefficient (Wildman–Crippen LogP) is 12.3. The number of para-hydroxylation sites is 3. The van der Waals surface area contributed by atoms with Crippen LogP contribution in [-0.4, -0.2) is 4.57 Å². The molecular formula is C42H28N2S. The minimum absolute atomic E-state index is 1.13. The van der Waals surface area contributed by atoms with E-state index in [4.69, 9.17) is 0 Å². The molecule has 212 valence electrons. The molecule has 7 aromatic carbocycles. The van der Waals surface area contributed by atoms with E-state index in [1.54, 1.807) is 0 Å². The standard InChI is InChI=1S/C42H28N2S/c1-3-11-31(12-4-1)43(32-13-5-2-6-14-32)33-22-19-29(20-23-33)30-21-26-40-38(27-30)35-15-7-9-17-39(35)44(40)34-24-25-37-36-16-8-10-18-41(36)45-42(37)28-34/h1-28H. The van der Waals surface area contributed by atoms with Crippen LogP contribution in [0, 0.1) is 0 Å². The second-order valence-corrected chi connectivity index (χ2v) is 12.5. The van der Waals surface area contributed by atoms with Crippen molar-refractivity contribution in [3.63, 3.8) is 0 Å². The second-order valence-electron chi connectivity index (χ2n) is 11.4. The van der Waals surface area contributed by atoms with E-state index < -0.39 is 0 Å². The van der Waals surface area contributed by atoms with Gasteiger partial charge in [-0.15, -0.1) is 11.3 Å². The molecular weight excluding hydrogens is 565 g/mol. The summed E-state index contributed by atoms with van der Waals surface area (Å²) >= 11 is 1.87. The summed E-state index contributed by atoms with van der Waals surface area (Å²) in [4.78, 5) is 2.30. The van der Waals surface area contributed by atoms with E-state index in [0.29, 0.717) is 0 Å². The third kappa shape index (κ3) is 4.32. The van der Waals surface area contributed by atoms with Gasteiger partial charge in [0.1, 0.15) is 0 Å². The van der Waals surface area contributed by atoms with Gasteiger partial charge in [0, 0.05) is 53.7 Å². The highest BCUT2D eigenvalue weighted by molar-refractivity contribution is 7.25. The third-order valence-corrected chi connectivity index (χ3v) is 9.91. The molecule has 0 aliphatic rings. The molecule has 0 atom stereocenters. The molecule has 2 nitrogen and oxygen atoms in total. The molecule has 0 bridgehead atoms. The summed E-state index contributed by atoms with van der Waals surface area (Å²) in [6.45, 7) is 0. The first-order valence-corrected chi connectivity index (χ1v) is 16.1. The summed E-state index contributed by atoms with van der Waals surface area (Å²) in [5.41, 5.74) is 9.45. The third-order valence-electron chi connectivity index (χ3n) is 8.78. The van der Waals surface area contributed by atoms with Crippen LogP contribution in [0.1, 0.15) is 0 Å². The average Bonchev–Trinajstić information content (AvgIpc) is 3.64. The Kier molecular flexibility index (Phi) is 6.03. The van der Waals surface area contributed by atoms with Gasteiger partial charge in [-0.1, -0.05) is 97.1 Å². The van der Waals surface area contributed by atoms with Crippen LogP contribution in [-0.2, 0) is 0 Å². The lowest BCUT2D eigenvalue weighted by atomic mass is 10.0. The zero-order valence-corrected chi connectivity index (χ0v) is 25.3. The smallest absolute Gasteiger partial charge is 0.0541 e. The molecule has 0 spiro atoms. The molecule has 0 aliphatic carbocycles. The molecule has 45 heavy (non-hydrogen) atoms. The normalized spacial score (nSPS) is 11.6. The first-order valence-electron chi connectivity index (χ1n) is 15.3. The Morgan fingerprint density at radius 3 is 1.71 bits per heavy atom. The largest absolute Gasteiger partial charge is 0.311 e. The fourth-order valence-corrected chi connectivity index (χ4v) is 7.83. The van der Waals surface area contributed by atoms with Gasteiger partial charge in [-0.05, 0) is 83.9 Å². The molecule has 9 rings (SSSR count). The molecule has 0 radical (unpaired) electrons. The highest BCUT2D eigenvalue weighted by Gasteiger charge is 2.16. The van der Waals surface area contributed by atoms with Gasteiger partial charge in [-0.25, -0.2) is 0 Å². The van der Waals surface area contributed by atoms with Gasteiger partial charge < -0.3 is 9.47 Å². The summed E-state index contributed by atoms with van der Waals surface area (Å²) in [5.74, 6) is 0. The highest BCUT2D eigenvalue weighted by Crippen LogP contribution is 2.40. The van der Waals surface area contributed by atoms with E-state index in [9.17, 15) is 0 Å². The van der Waals surface area contributed by atoms with Crippen LogP contribution in [0.2, 0.25) is 0 Å². The van der Waals surface area contributed by atoms with Crippen LogP contribution in [0.4, 0.5) is 17.1 Å². The van der Waals surface area contributed by atoms with E-state index in [-0.39, 0.29) is 0 Å². The van der Waals surface area contributed by atoms with Crippen molar-refractivity contribution in [3.05, 3.63) is 170 Å². The number of benzene rings is 7. The van der Waals surface area contributed by atoms with E-state index in [1.807, 2.05) is 11.3 Å². The summed E-state index contributed by atoms with van der Waals surface area (Å²) in [5, 5.41) is 5.18. The lowest BCUT2D eigenvalue weighted by Gasteiger charge is -2.25. The van der Waals surface area contributed by atoms with Crippen molar-refractivity contribution in [1.82, 2.24) is 4.57 Å². The van der Waals surface area contributed by atoms with Crippen LogP contribution in [0.15, 0.2) is 170 Å². The fraction of sp³-hybridized carbons (Fsp3) is 0. The van der Waals surface area contributed by atoms with E-state index in [2.05, 4.69) is 179 Å². The highest BCUT2D eigenvalue weighted by atomic mass is 32.1.